The molecule has 7 nitrogen and oxygen atoms in total. The Hall–Kier alpha value is -3.35. The number of imide groups is 1. The Morgan fingerprint density at radius 1 is 1.13 bits per heavy atom. The van der Waals surface area contributed by atoms with Crippen LogP contribution in [0, 0.1) is 12.8 Å². The summed E-state index contributed by atoms with van der Waals surface area (Å²) in [6.07, 6.45) is 0. The summed E-state index contributed by atoms with van der Waals surface area (Å²) in [6, 6.07) is 14.0. The molecule has 31 heavy (non-hydrogen) atoms. The van der Waals surface area contributed by atoms with Gasteiger partial charge in [-0.25, -0.2) is 4.79 Å². The fourth-order valence-corrected chi connectivity index (χ4v) is 3.97. The molecule has 4 amide bonds. The van der Waals surface area contributed by atoms with E-state index in [1.807, 2.05) is 69.3 Å². The Morgan fingerprint density at radius 3 is 2.35 bits per heavy atom. The molecule has 2 aromatic carbocycles. The van der Waals surface area contributed by atoms with E-state index in [1.165, 1.54) is 0 Å². The summed E-state index contributed by atoms with van der Waals surface area (Å²) in [4.78, 5) is 39.5. The quantitative estimate of drug-likeness (QED) is 0.669. The van der Waals surface area contributed by atoms with Gasteiger partial charge in [0.1, 0.15) is 17.8 Å². The first-order valence-corrected chi connectivity index (χ1v) is 10.3. The van der Waals surface area contributed by atoms with E-state index in [-0.39, 0.29) is 18.5 Å². The van der Waals surface area contributed by atoms with Crippen molar-refractivity contribution in [3.8, 4) is 5.75 Å². The minimum Gasteiger partial charge on any atom is -0.497 e. The predicted molar refractivity (Wildman–Crippen MR) is 117 cm³/mol. The molecule has 3 rings (SSSR count). The molecule has 2 unspecified atom stereocenters. The largest absolute Gasteiger partial charge is 0.497 e. The monoisotopic (exact) mass is 423 g/mol. The number of methoxy groups -OCH3 is 1. The van der Waals surface area contributed by atoms with Crippen LogP contribution in [-0.2, 0) is 15.1 Å². The smallest absolute Gasteiger partial charge is 0.325 e. The summed E-state index contributed by atoms with van der Waals surface area (Å²) in [5, 5.41) is 5.72. The molecule has 1 saturated heterocycles. The van der Waals surface area contributed by atoms with E-state index >= 15 is 0 Å². The number of carbonyl (C=O) groups excluding carboxylic acids is 3. The standard InChI is InChI=1S/C24H29N3O4/c1-15(2)21(17-10-12-18(31-5)13-11-17)25-20(28)14-27-22(29)24(4,26-23(27)30)19-9-7-6-8-16(19)3/h6-13,15,21H,14H2,1-5H3,(H,25,28)(H,26,30). The number of urea groups is 1. The number of nitrogens with one attached hydrogen (secondary N) is 2. The molecule has 0 bridgehead atoms. The molecule has 0 aliphatic carbocycles. The highest BCUT2D eigenvalue weighted by Crippen LogP contribution is 2.31. The topological polar surface area (TPSA) is 87.7 Å². The van der Waals surface area contributed by atoms with Crippen LogP contribution >= 0.6 is 0 Å². The highest BCUT2D eigenvalue weighted by molar-refractivity contribution is 6.09. The van der Waals surface area contributed by atoms with Crippen LogP contribution in [0.2, 0.25) is 0 Å². The average Bonchev–Trinajstić information content (AvgIpc) is 2.96. The highest BCUT2D eigenvalue weighted by Gasteiger charge is 2.50. The summed E-state index contributed by atoms with van der Waals surface area (Å²) in [7, 11) is 1.60. The van der Waals surface area contributed by atoms with Gasteiger partial charge in [0.05, 0.1) is 13.2 Å². The maximum absolute atomic E-state index is 13.1. The number of hydrogen-bond acceptors (Lipinski definition) is 4. The van der Waals surface area contributed by atoms with Gasteiger partial charge >= 0.3 is 6.03 Å². The molecule has 7 heteroatoms. The molecular formula is C24H29N3O4. The lowest BCUT2D eigenvalue weighted by atomic mass is 9.88. The van der Waals surface area contributed by atoms with E-state index < -0.39 is 23.4 Å². The van der Waals surface area contributed by atoms with E-state index in [9.17, 15) is 14.4 Å². The average molecular weight is 424 g/mol. The minimum atomic E-state index is -1.20. The lowest BCUT2D eigenvalue weighted by Gasteiger charge is -2.25. The number of carbonyl (C=O) groups is 3. The lowest BCUT2D eigenvalue weighted by molar-refractivity contribution is -0.135. The van der Waals surface area contributed by atoms with Crippen LogP contribution in [0.1, 0.15) is 43.5 Å². The van der Waals surface area contributed by atoms with Crippen molar-refractivity contribution in [2.24, 2.45) is 5.92 Å². The van der Waals surface area contributed by atoms with Gasteiger partial charge in [-0.3, -0.25) is 14.5 Å². The molecule has 1 heterocycles. The van der Waals surface area contributed by atoms with E-state index in [4.69, 9.17) is 4.74 Å². The number of aryl methyl sites for hydroxylation is 1. The zero-order valence-electron chi connectivity index (χ0n) is 18.6. The molecular weight excluding hydrogens is 394 g/mol. The first-order valence-electron chi connectivity index (χ1n) is 10.3. The van der Waals surface area contributed by atoms with Crippen molar-refractivity contribution in [1.29, 1.82) is 0 Å². The number of rotatable bonds is 7. The lowest BCUT2D eigenvalue weighted by Crippen LogP contribution is -2.44. The van der Waals surface area contributed by atoms with E-state index in [0.29, 0.717) is 0 Å². The van der Waals surface area contributed by atoms with Crippen LogP contribution in [0.4, 0.5) is 4.79 Å². The van der Waals surface area contributed by atoms with Crippen molar-refractivity contribution < 1.29 is 19.1 Å². The van der Waals surface area contributed by atoms with Gasteiger partial charge in [0.15, 0.2) is 0 Å². The molecule has 2 aromatic rings. The van der Waals surface area contributed by atoms with Crippen molar-refractivity contribution >= 4 is 17.8 Å². The number of nitrogens with zero attached hydrogens (tertiary/aromatic N) is 1. The van der Waals surface area contributed by atoms with Crippen LogP contribution in [0.5, 0.6) is 5.75 Å². The number of benzene rings is 2. The molecule has 1 fully saturated rings. The Labute approximate surface area is 182 Å². The van der Waals surface area contributed by atoms with Crippen LogP contribution < -0.4 is 15.4 Å². The van der Waals surface area contributed by atoms with E-state index in [0.717, 1.165) is 27.3 Å². The van der Waals surface area contributed by atoms with Gasteiger partial charge in [0, 0.05) is 0 Å². The summed E-state index contributed by atoms with van der Waals surface area (Å²) in [5.41, 5.74) is 1.33. The van der Waals surface area contributed by atoms with Gasteiger partial charge in [-0.2, -0.15) is 0 Å². The fourth-order valence-electron chi connectivity index (χ4n) is 3.97. The maximum Gasteiger partial charge on any atom is 0.325 e. The molecule has 1 aliphatic heterocycles. The zero-order valence-corrected chi connectivity index (χ0v) is 18.6. The van der Waals surface area contributed by atoms with Gasteiger partial charge in [-0.1, -0.05) is 50.2 Å². The summed E-state index contributed by atoms with van der Waals surface area (Å²) in [6.45, 7) is 7.21. The van der Waals surface area contributed by atoms with Gasteiger partial charge < -0.3 is 15.4 Å². The Kier molecular flexibility index (Phi) is 6.34. The second kappa shape index (κ2) is 8.79. The molecule has 0 aromatic heterocycles. The second-order valence-electron chi connectivity index (χ2n) is 8.32. The fraction of sp³-hybridized carbons (Fsp3) is 0.375. The van der Waals surface area contributed by atoms with Crippen LogP contribution in [0.25, 0.3) is 0 Å². The Bertz CT molecular complexity index is 987. The summed E-state index contributed by atoms with van der Waals surface area (Å²) < 4.78 is 5.19. The number of ether oxygens (including phenoxy) is 1. The number of hydrogen-bond donors (Lipinski definition) is 2. The molecule has 0 saturated carbocycles. The molecule has 2 N–H and O–H groups in total. The third-order valence-corrected chi connectivity index (χ3v) is 5.72. The molecule has 0 radical (unpaired) electrons. The van der Waals surface area contributed by atoms with Crippen LogP contribution in [0.3, 0.4) is 0 Å². The highest BCUT2D eigenvalue weighted by atomic mass is 16.5. The summed E-state index contributed by atoms with van der Waals surface area (Å²) >= 11 is 0. The van der Waals surface area contributed by atoms with Crippen molar-refractivity contribution in [3.63, 3.8) is 0 Å². The summed E-state index contributed by atoms with van der Waals surface area (Å²) in [5.74, 6) is 0.00430. The van der Waals surface area contributed by atoms with E-state index in [2.05, 4.69) is 10.6 Å². The van der Waals surface area contributed by atoms with Gasteiger partial charge in [0.2, 0.25) is 5.91 Å². The van der Waals surface area contributed by atoms with Crippen molar-refractivity contribution in [3.05, 3.63) is 65.2 Å². The zero-order chi connectivity index (χ0) is 22.8. The maximum atomic E-state index is 13.1. The Morgan fingerprint density at radius 2 is 1.77 bits per heavy atom. The second-order valence-corrected chi connectivity index (χ2v) is 8.32. The van der Waals surface area contributed by atoms with Crippen molar-refractivity contribution in [2.75, 3.05) is 13.7 Å². The minimum absolute atomic E-state index is 0.109. The molecule has 2 atom stereocenters. The van der Waals surface area contributed by atoms with Gasteiger partial charge in [-0.15, -0.1) is 0 Å². The normalized spacial score (nSPS) is 19.4. The van der Waals surface area contributed by atoms with Crippen molar-refractivity contribution in [2.45, 2.75) is 39.3 Å². The first-order chi connectivity index (χ1) is 14.7. The SMILES string of the molecule is COc1ccc(C(NC(=O)CN2C(=O)NC(C)(c3ccccc3C)C2=O)C(C)C)cc1. The molecule has 164 valence electrons. The van der Waals surface area contributed by atoms with Gasteiger partial charge in [0.25, 0.3) is 5.91 Å². The third kappa shape index (κ3) is 4.40. The van der Waals surface area contributed by atoms with Crippen LogP contribution in [-0.4, -0.2) is 36.4 Å². The molecule has 0 spiro atoms. The van der Waals surface area contributed by atoms with Gasteiger partial charge in [-0.05, 0) is 48.6 Å². The predicted octanol–water partition coefficient (Wildman–Crippen LogP) is 3.28. The van der Waals surface area contributed by atoms with E-state index in [1.54, 1.807) is 14.0 Å². The Balaban J connectivity index is 1.75. The third-order valence-electron chi connectivity index (χ3n) is 5.72. The van der Waals surface area contributed by atoms with Crippen molar-refractivity contribution in [1.82, 2.24) is 15.5 Å². The first kappa shape index (κ1) is 22.3. The molecule has 1 aliphatic rings. The van der Waals surface area contributed by atoms with Crippen LogP contribution in [0.15, 0.2) is 48.5 Å². The number of amides is 4.